The van der Waals surface area contributed by atoms with E-state index in [0.717, 1.165) is 58.3 Å². The van der Waals surface area contributed by atoms with Crippen molar-refractivity contribution in [1.29, 1.82) is 0 Å². The molecule has 1 aromatic carbocycles. The second kappa shape index (κ2) is 5.56. The van der Waals surface area contributed by atoms with Crippen molar-refractivity contribution in [3.8, 4) is 11.4 Å². The van der Waals surface area contributed by atoms with E-state index in [1.54, 1.807) is 6.07 Å². The number of hydrogen-bond donors (Lipinski definition) is 0. The summed E-state index contributed by atoms with van der Waals surface area (Å²) in [5.74, 6) is 0.450. The molecule has 0 radical (unpaired) electrons. The van der Waals surface area contributed by atoms with Gasteiger partial charge in [-0.25, -0.2) is 9.37 Å². The predicted octanol–water partition coefficient (Wildman–Crippen LogP) is 4.51. The molecule has 4 heterocycles. The van der Waals surface area contributed by atoms with E-state index in [2.05, 4.69) is 12.6 Å². The minimum atomic E-state index is -0.198. The van der Waals surface area contributed by atoms with Crippen LogP contribution in [0.1, 0.15) is 52.6 Å². The second-order valence-electron chi connectivity index (χ2n) is 8.46. The van der Waals surface area contributed by atoms with Gasteiger partial charge in [0.1, 0.15) is 12.4 Å². The summed E-state index contributed by atoms with van der Waals surface area (Å²) in [4.78, 5) is 18.2. The normalized spacial score (nSPS) is 19.0. The Bertz CT molecular complexity index is 1340. The first-order chi connectivity index (χ1) is 14.0. The van der Waals surface area contributed by atoms with Gasteiger partial charge >= 0.3 is 0 Å². The average Bonchev–Trinajstić information content (AvgIpc) is 3.08. The van der Waals surface area contributed by atoms with Crippen molar-refractivity contribution in [2.75, 3.05) is 0 Å². The van der Waals surface area contributed by atoms with E-state index in [4.69, 9.17) is 9.72 Å². The summed E-state index contributed by atoms with van der Waals surface area (Å²) in [6.07, 6.45) is 2.82. The molecule has 5 heteroatoms. The lowest BCUT2D eigenvalue weighted by Crippen LogP contribution is -2.28. The summed E-state index contributed by atoms with van der Waals surface area (Å²) in [6, 6.07) is 3.63. The Morgan fingerprint density at radius 2 is 2.00 bits per heavy atom. The van der Waals surface area contributed by atoms with E-state index in [1.807, 2.05) is 18.4 Å². The summed E-state index contributed by atoms with van der Waals surface area (Å²) in [7, 11) is 0. The third kappa shape index (κ3) is 2.08. The minimum Gasteiger partial charge on any atom is -0.493 e. The van der Waals surface area contributed by atoms with Gasteiger partial charge in [0.25, 0.3) is 5.56 Å². The number of hydrogen-bond acceptors (Lipinski definition) is 3. The molecule has 1 aliphatic carbocycles. The van der Waals surface area contributed by atoms with Crippen LogP contribution in [0.5, 0.6) is 0 Å². The van der Waals surface area contributed by atoms with Gasteiger partial charge in [0.05, 0.1) is 34.8 Å². The smallest absolute Gasteiger partial charge is 0.258 e. The van der Waals surface area contributed by atoms with Crippen LogP contribution in [0.15, 0.2) is 29.3 Å². The zero-order chi connectivity index (χ0) is 20.0. The first-order valence-electron chi connectivity index (χ1n) is 10.2. The maximum Gasteiger partial charge on any atom is 0.258 e. The number of fused-ring (bicyclic) bond motifs is 5. The molecule has 0 spiro atoms. The maximum absolute atomic E-state index is 14.6. The summed E-state index contributed by atoms with van der Waals surface area (Å²) in [5.41, 5.74) is 8.20. The number of halogens is 1. The summed E-state index contributed by atoms with van der Waals surface area (Å²) in [5, 5.41) is 1.10. The van der Waals surface area contributed by atoms with Crippen molar-refractivity contribution in [3.63, 3.8) is 0 Å². The Morgan fingerprint density at radius 3 is 2.83 bits per heavy atom. The molecule has 0 bridgehead atoms. The number of nitrogens with zero attached hydrogens (tertiary/aromatic N) is 2. The molecule has 1 unspecified atom stereocenters. The lowest BCUT2D eigenvalue weighted by molar-refractivity contribution is 0.167. The molecule has 0 N–H and O–H groups in total. The SMILES string of the molecule is C=C1OCc2c(cc3n(c2=O)Cc2c-3nc3cc(F)c(C)c4c3c2CCC4)C1C. The maximum atomic E-state index is 14.6. The topological polar surface area (TPSA) is 44.1 Å². The highest BCUT2D eigenvalue weighted by atomic mass is 19.1. The molecule has 0 fully saturated rings. The van der Waals surface area contributed by atoms with Crippen LogP contribution in [-0.2, 0) is 30.7 Å². The molecule has 3 aromatic rings. The zero-order valence-corrected chi connectivity index (χ0v) is 16.6. The molecule has 146 valence electrons. The number of aromatic nitrogens is 2. The van der Waals surface area contributed by atoms with Gasteiger partial charge in [-0.3, -0.25) is 4.79 Å². The van der Waals surface area contributed by atoms with E-state index in [-0.39, 0.29) is 23.9 Å². The quantitative estimate of drug-likeness (QED) is 0.445. The van der Waals surface area contributed by atoms with Crippen molar-refractivity contribution < 1.29 is 9.13 Å². The fourth-order valence-corrected chi connectivity index (χ4v) is 5.32. The summed E-state index contributed by atoms with van der Waals surface area (Å²) in [6.45, 7) is 8.64. The third-order valence-electron chi connectivity index (χ3n) is 7.01. The van der Waals surface area contributed by atoms with Crippen LogP contribution in [-0.4, -0.2) is 9.55 Å². The van der Waals surface area contributed by atoms with E-state index in [1.165, 1.54) is 5.56 Å². The first-order valence-corrected chi connectivity index (χ1v) is 10.2. The molecule has 0 saturated carbocycles. The number of rotatable bonds is 0. The molecule has 1 atom stereocenters. The molecule has 2 aromatic heterocycles. The van der Waals surface area contributed by atoms with Crippen LogP contribution in [0.4, 0.5) is 4.39 Å². The molecule has 3 aliphatic rings. The molecular formula is C24H21FN2O2. The Labute approximate surface area is 167 Å². The zero-order valence-electron chi connectivity index (χ0n) is 16.6. The number of benzene rings is 1. The van der Waals surface area contributed by atoms with Crippen molar-refractivity contribution in [2.24, 2.45) is 0 Å². The van der Waals surface area contributed by atoms with E-state index in [0.29, 0.717) is 23.4 Å². The Kier molecular flexibility index (Phi) is 3.25. The van der Waals surface area contributed by atoms with Gasteiger partial charge in [-0.1, -0.05) is 13.5 Å². The van der Waals surface area contributed by atoms with Crippen molar-refractivity contribution in [3.05, 3.63) is 74.0 Å². The van der Waals surface area contributed by atoms with Gasteiger partial charge in [0, 0.05) is 22.9 Å². The van der Waals surface area contributed by atoms with Gasteiger partial charge < -0.3 is 9.30 Å². The monoisotopic (exact) mass is 388 g/mol. The number of pyridine rings is 2. The largest absolute Gasteiger partial charge is 0.493 e. The summed E-state index contributed by atoms with van der Waals surface area (Å²) >= 11 is 0. The standard InChI is InChI=1S/C24H21FN2O2/c1-11-13(3)29-10-18-16(11)7-21-23-17(9-27(21)24(18)28)15-6-4-5-14-12(2)19(25)8-20(26-23)22(14)15/h7-8,11H,3-6,9-10H2,1-2H3. The average molecular weight is 388 g/mol. The van der Waals surface area contributed by atoms with Crippen molar-refractivity contribution in [2.45, 2.75) is 52.2 Å². The van der Waals surface area contributed by atoms with E-state index >= 15 is 0 Å². The van der Waals surface area contributed by atoms with Gasteiger partial charge in [0.15, 0.2) is 0 Å². The van der Waals surface area contributed by atoms with Gasteiger partial charge in [-0.15, -0.1) is 0 Å². The van der Waals surface area contributed by atoms with Gasteiger partial charge in [0.2, 0.25) is 0 Å². The Morgan fingerprint density at radius 1 is 1.21 bits per heavy atom. The fourth-order valence-electron chi connectivity index (χ4n) is 5.32. The molecule has 0 saturated heterocycles. The van der Waals surface area contributed by atoms with Crippen LogP contribution in [0, 0.1) is 12.7 Å². The summed E-state index contributed by atoms with van der Waals surface area (Å²) < 4.78 is 22.0. The van der Waals surface area contributed by atoms with E-state index < -0.39 is 0 Å². The van der Waals surface area contributed by atoms with Crippen LogP contribution in [0.2, 0.25) is 0 Å². The highest BCUT2D eigenvalue weighted by molar-refractivity contribution is 5.92. The highest BCUT2D eigenvalue weighted by Gasteiger charge is 2.33. The molecule has 4 nitrogen and oxygen atoms in total. The number of allylic oxidation sites excluding steroid dienone is 1. The number of ether oxygens (including phenoxy) is 1. The minimum absolute atomic E-state index is 0.00972. The predicted molar refractivity (Wildman–Crippen MR) is 110 cm³/mol. The van der Waals surface area contributed by atoms with E-state index in [9.17, 15) is 9.18 Å². The molecule has 2 aliphatic heterocycles. The fraction of sp³-hybridized carbons (Fsp3) is 0.333. The first kappa shape index (κ1) is 17.0. The van der Waals surface area contributed by atoms with Crippen LogP contribution >= 0.6 is 0 Å². The lowest BCUT2D eigenvalue weighted by Gasteiger charge is -2.25. The molecule has 29 heavy (non-hydrogen) atoms. The third-order valence-corrected chi connectivity index (χ3v) is 7.01. The second-order valence-corrected chi connectivity index (χ2v) is 8.46. The molecular weight excluding hydrogens is 367 g/mol. The molecule has 0 amide bonds. The van der Waals surface area contributed by atoms with Crippen LogP contribution in [0.3, 0.4) is 0 Å². The Balaban J connectivity index is 1.68. The Hall–Kier alpha value is -2.95. The van der Waals surface area contributed by atoms with Crippen LogP contribution in [0.25, 0.3) is 22.3 Å². The van der Waals surface area contributed by atoms with Crippen molar-refractivity contribution in [1.82, 2.24) is 9.55 Å². The lowest BCUT2D eigenvalue weighted by atomic mass is 9.84. The van der Waals surface area contributed by atoms with Gasteiger partial charge in [-0.05, 0) is 54.5 Å². The molecule has 6 rings (SSSR count). The highest BCUT2D eigenvalue weighted by Crippen LogP contribution is 2.42. The number of aryl methyl sites for hydroxylation is 2. The van der Waals surface area contributed by atoms with Crippen LogP contribution < -0.4 is 5.56 Å². The van der Waals surface area contributed by atoms with Crippen molar-refractivity contribution >= 4 is 10.9 Å². The van der Waals surface area contributed by atoms with Gasteiger partial charge in [-0.2, -0.15) is 0 Å².